The molecule has 3 rings (SSSR count). The number of rotatable bonds is 18. The Morgan fingerprint density at radius 2 is 1.53 bits per heavy atom. The van der Waals surface area contributed by atoms with Gasteiger partial charge in [0.25, 0.3) is 5.76 Å². The molecule has 0 saturated heterocycles. The number of fused-ring (bicyclic) bond motifs is 1. The van der Waals surface area contributed by atoms with Crippen LogP contribution in [-0.2, 0) is 25.0 Å². The number of phosphoric ester groups is 1. The van der Waals surface area contributed by atoms with Gasteiger partial charge in [-0.15, -0.1) is 0 Å². The molecule has 0 aliphatic carbocycles. The molecule has 0 saturated carbocycles. The summed E-state index contributed by atoms with van der Waals surface area (Å²) in [5.74, 6) is -0.170. The fourth-order valence-corrected chi connectivity index (χ4v) is 7.46. The molecule has 0 aromatic heterocycles. The zero-order valence-electron chi connectivity index (χ0n) is 30.0. The number of aliphatic hydroxyl groups excluding tert-OH is 3. The standard InChI is InChI=1S/C35H57O10P.K/c1-21(2)12-9-13-22(3)14-10-15-23(4)16-11-18-35(8)19-17-27-26(7)30(24(5)25(6)31(27)43-35)44-46(40,41)45-33-29(38)32(28(37)20-36)42-34(33)39;/h21-23,28,32,36-38H,9-20H2,1-8H3,(H,40,41);/q;+1/p-1/t22?,23?,28-,32-,35?;/m1./s1. The molecule has 12 heteroatoms. The Balaban J connectivity index is 0.00000768. The van der Waals surface area contributed by atoms with Gasteiger partial charge in [0.2, 0.25) is 0 Å². The number of hydrogen-bond acceptors (Lipinski definition) is 10. The molecule has 0 radical (unpaired) electrons. The van der Waals surface area contributed by atoms with Crippen molar-refractivity contribution < 1.29 is 99.5 Å². The fraction of sp³-hybridized carbons (Fsp3) is 0.743. The van der Waals surface area contributed by atoms with Gasteiger partial charge in [0.1, 0.15) is 23.2 Å². The van der Waals surface area contributed by atoms with E-state index in [2.05, 4.69) is 34.6 Å². The maximum atomic E-state index is 12.9. The Morgan fingerprint density at radius 3 is 2.11 bits per heavy atom. The number of cyclic esters (lactones) is 1. The minimum absolute atomic E-state index is 0. The summed E-state index contributed by atoms with van der Waals surface area (Å²) in [6.45, 7) is 16.0. The summed E-state index contributed by atoms with van der Waals surface area (Å²) in [4.78, 5) is 25.0. The smallest absolute Gasteiger partial charge is 0.736 e. The molecule has 10 nitrogen and oxygen atoms in total. The molecule has 2 aliphatic rings. The summed E-state index contributed by atoms with van der Waals surface area (Å²) in [7, 11) is -5.24. The molecule has 0 amide bonds. The van der Waals surface area contributed by atoms with Gasteiger partial charge in [-0.25, -0.2) is 9.36 Å². The van der Waals surface area contributed by atoms with Gasteiger partial charge >= 0.3 is 65.2 Å². The summed E-state index contributed by atoms with van der Waals surface area (Å²) in [5, 5.41) is 29.0. The molecule has 0 bridgehead atoms. The molecule has 3 N–H and O–H groups in total. The summed E-state index contributed by atoms with van der Waals surface area (Å²) in [5.41, 5.74) is 2.43. The number of esters is 1. The van der Waals surface area contributed by atoms with E-state index in [1.54, 1.807) is 13.8 Å². The van der Waals surface area contributed by atoms with E-state index >= 15 is 0 Å². The van der Waals surface area contributed by atoms with Gasteiger partial charge in [-0.3, -0.25) is 0 Å². The number of carbonyl (C=O) groups is 1. The van der Waals surface area contributed by atoms with Crippen molar-refractivity contribution in [1.82, 2.24) is 0 Å². The van der Waals surface area contributed by atoms with Crippen molar-refractivity contribution in [2.75, 3.05) is 6.61 Å². The maximum Gasteiger partial charge on any atom is 1.00 e. The quantitative estimate of drug-likeness (QED) is 0.116. The van der Waals surface area contributed by atoms with Crippen LogP contribution in [0.2, 0.25) is 0 Å². The van der Waals surface area contributed by atoms with E-state index in [1.165, 1.54) is 38.5 Å². The summed E-state index contributed by atoms with van der Waals surface area (Å²) in [6.07, 6.45) is 9.16. The second-order valence-corrected chi connectivity index (χ2v) is 15.6. The minimum Gasteiger partial charge on any atom is -0.736 e. The van der Waals surface area contributed by atoms with Crippen LogP contribution in [0.25, 0.3) is 0 Å². The number of aliphatic hydroxyl groups is 3. The van der Waals surface area contributed by atoms with Gasteiger partial charge in [-0.2, -0.15) is 0 Å². The predicted molar refractivity (Wildman–Crippen MR) is 175 cm³/mol. The fourth-order valence-electron chi connectivity index (χ4n) is 6.54. The van der Waals surface area contributed by atoms with Crippen LogP contribution in [0.4, 0.5) is 0 Å². The van der Waals surface area contributed by atoms with Gasteiger partial charge in [-0.1, -0.05) is 72.6 Å². The van der Waals surface area contributed by atoms with Crippen molar-refractivity contribution in [3.05, 3.63) is 33.8 Å². The first-order valence-electron chi connectivity index (χ1n) is 16.9. The van der Waals surface area contributed by atoms with Gasteiger partial charge in [0.05, 0.1) is 6.61 Å². The van der Waals surface area contributed by atoms with Crippen LogP contribution in [0.15, 0.2) is 11.5 Å². The normalized spacial score (nSPS) is 22.5. The van der Waals surface area contributed by atoms with E-state index in [0.717, 1.165) is 54.4 Å². The van der Waals surface area contributed by atoms with Gasteiger partial charge in [0, 0.05) is 5.56 Å². The third-order valence-corrected chi connectivity index (χ3v) is 10.5. The topological polar surface area (TPSA) is 155 Å². The van der Waals surface area contributed by atoms with Crippen LogP contribution in [0, 0.1) is 38.5 Å². The second-order valence-electron chi connectivity index (χ2n) is 14.3. The Morgan fingerprint density at radius 1 is 0.957 bits per heavy atom. The van der Waals surface area contributed by atoms with Crippen LogP contribution >= 0.6 is 7.82 Å². The molecule has 4 unspecified atom stereocenters. The molecule has 2 heterocycles. The largest absolute Gasteiger partial charge is 1.00 e. The zero-order chi connectivity index (χ0) is 34.4. The van der Waals surface area contributed by atoms with Gasteiger partial charge in [0.15, 0.2) is 11.9 Å². The second kappa shape index (κ2) is 18.6. The van der Waals surface area contributed by atoms with Crippen molar-refractivity contribution >= 4 is 13.8 Å². The van der Waals surface area contributed by atoms with Crippen LogP contribution in [-0.4, -0.2) is 45.7 Å². The van der Waals surface area contributed by atoms with E-state index in [1.807, 2.05) is 6.92 Å². The summed E-state index contributed by atoms with van der Waals surface area (Å²) in [6, 6.07) is 0. The van der Waals surface area contributed by atoms with Crippen molar-refractivity contribution in [3.63, 3.8) is 0 Å². The first kappa shape index (κ1) is 42.5. The Hall–Kier alpha value is -0.624. The summed E-state index contributed by atoms with van der Waals surface area (Å²) >= 11 is 0. The zero-order valence-corrected chi connectivity index (χ0v) is 34.0. The first-order chi connectivity index (χ1) is 21.5. The van der Waals surface area contributed by atoms with Crippen molar-refractivity contribution in [3.8, 4) is 11.5 Å². The van der Waals surface area contributed by atoms with Crippen LogP contribution in [0.1, 0.15) is 121 Å². The van der Waals surface area contributed by atoms with Crippen LogP contribution in [0.5, 0.6) is 11.5 Å². The van der Waals surface area contributed by atoms with E-state index in [9.17, 15) is 24.5 Å². The van der Waals surface area contributed by atoms with Gasteiger partial charge in [-0.05, 0) is 87.8 Å². The van der Waals surface area contributed by atoms with E-state index in [0.29, 0.717) is 23.5 Å². The third kappa shape index (κ3) is 11.7. The van der Waals surface area contributed by atoms with E-state index in [4.69, 9.17) is 23.6 Å². The third-order valence-electron chi connectivity index (χ3n) is 9.70. The Bertz CT molecular complexity index is 1300. The average Bonchev–Trinajstić information content (AvgIpc) is 3.25. The molecule has 47 heavy (non-hydrogen) atoms. The monoisotopic (exact) mass is 706 g/mol. The SMILES string of the molecule is Cc1c(C)c2c(c(C)c1OP(=O)([O-])OC1=C(O)[C@@H]([C@H](O)CO)OC1=O)CCC(C)(CCCC(C)CCCC(C)CCCC(C)C)O2.[K+]. The maximum absolute atomic E-state index is 12.9. The van der Waals surface area contributed by atoms with Crippen molar-refractivity contribution in [1.29, 1.82) is 0 Å². The molecule has 1 aromatic carbocycles. The number of carbonyl (C=O) groups excluding carboxylic acids is 1. The minimum atomic E-state index is -5.24. The number of hydrogen-bond donors (Lipinski definition) is 3. The molecular formula is C35H56KO10P. The van der Waals surface area contributed by atoms with Crippen LogP contribution in [0.3, 0.4) is 0 Å². The summed E-state index contributed by atoms with van der Waals surface area (Å²) < 4.78 is 34.5. The number of phosphoric acid groups is 1. The molecule has 2 aliphatic heterocycles. The molecule has 0 spiro atoms. The number of ether oxygens (including phenoxy) is 2. The van der Waals surface area contributed by atoms with E-state index in [-0.39, 0.29) is 62.7 Å². The average molecular weight is 707 g/mol. The van der Waals surface area contributed by atoms with Crippen molar-refractivity contribution in [2.24, 2.45) is 17.8 Å². The molecule has 6 atom stereocenters. The molecule has 1 aromatic rings. The van der Waals surface area contributed by atoms with Crippen LogP contribution < -0.4 is 65.5 Å². The van der Waals surface area contributed by atoms with Crippen molar-refractivity contribution in [2.45, 2.75) is 144 Å². The van der Waals surface area contributed by atoms with Gasteiger partial charge < -0.3 is 38.7 Å². The Labute approximate surface area is 324 Å². The molecule has 262 valence electrons. The molecular weight excluding hydrogens is 650 g/mol. The van der Waals surface area contributed by atoms with E-state index < -0.39 is 44.1 Å². The Kier molecular flexibility index (Phi) is 16.8. The molecule has 0 fully saturated rings. The predicted octanol–water partition coefficient (Wildman–Crippen LogP) is 4.05. The first-order valence-corrected chi connectivity index (χ1v) is 18.4. The number of benzene rings is 1.